The summed E-state index contributed by atoms with van der Waals surface area (Å²) in [5.41, 5.74) is 0.632. The molecule has 1 unspecified atom stereocenters. The molecule has 0 radical (unpaired) electrons. The summed E-state index contributed by atoms with van der Waals surface area (Å²) in [4.78, 5) is 9.33. The fraction of sp³-hybridized carbons (Fsp3) is 0.400. The number of aryl methyl sites for hydroxylation is 1. The molecule has 0 heterocycles. The van der Waals surface area contributed by atoms with Gasteiger partial charge >= 0.3 is 18.1 Å². The standard InChI is InChI=1S/C10H13O5PS3/c1-3-8-5-4-6-9(18-17-2)10(8)19(13,14)15-7-16(11)12/h4-6H,3,7H2,1-2H3/p+1. The molecule has 0 aliphatic carbocycles. The minimum absolute atomic E-state index is 0.0914. The van der Waals surface area contributed by atoms with Gasteiger partial charge < -0.3 is 0 Å². The fourth-order valence-corrected chi connectivity index (χ4v) is 5.40. The van der Waals surface area contributed by atoms with Crippen molar-refractivity contribution in [2.75, 3.05) is 12.6 Å². The molecule has 106 valence electrons. The molecule has 1 N–H and O–H groups in total. The molecular weight excluding hydrogens is 327 g/mol. The summed E-state index contributed by atoms with van der Waals surface area (Å²) in [6.07, 6.45) is 1.65. The maximum atomic E-state index is 12.1. The third-order valence-corrected chi connectivity index (χ3v) is 5.97. The van der Waals surface area contributed by atoms with E-state index in [0.29, 0.717) is 16.9 Å². The van der Waals surface area contributed by atoms with Gasteiger partial charge in [0.1, 0.15) is 4.90 Å². The van der Waals surface area contributed by atoms with E-state index in [2.05, 4.69) is 4.18 Å². The van der Waals surface area contributed by atoms with E-state index < -0.39 is 24.5 Å². The van der Waals surface area contributed by atoms with Crippen molar-refractivity contribution in [3.8, 4) is 0 Å². The first-order valence-corrected chi connectivity index (χ1v) is 10.6. The van der Waals surface area contributed by atoms with Crippen LogP contribution < -0.4 is 0 Å². The highest BCUT2D eigenvalue weighted by atomic mass is 33.1. The maximum absolute atomic E-state index is 12.1. The van der Waals surface area contributed by atoms with Crippen LogP contribution in [0.1, 0.15) is 12.5 Å². The maximum Gasteiger partial charge on any atom is 0.535 e. The summed E-state index contributed by atoms with van der Waals surface area (Å²) in [5.74, 6) is 0. The summed E-state index contributed by atoms with van der Waals surface area (Å²) in [7, 11) is -3.95. The van der Waals surface area contributed by atoms with Crippen LogP contribution in [-0.2, 0) is 25.3 Å². The Bertz CT molecular complexity index is 558. The van der Waals surface area contributed by atoms with E-state index in [-0.39, 0.29) is 4.90 Å². The second kappa shape index (κ2) is 7.61. The Morgan fingerprint density at radius 2 is 2.11 bits per heavy atom. The lowest BCUT2D eigenvalue weighted by atomic mass is 10.2. The van der Waals surface area contributed by atoms with Crippen LogP contribution in [0.3, 0.4) is 0 Å². The van der Waals surface area contributed by atoms with Gasteiger partial charge in [-0.15, -0.1) is 0 Å². The van der Waals surface area contributed by atoms with Gasteiger partial charge in [-0.3, -0.25) is 0 Å². The molecule has 0 amide bonds. The molecule has 0 aromatic heterocycles. The number of benzene rings is 1. The van der Waals surface area contributed by atoms with Crippen LogP contribution >= 0.6 is 29.6 Å². The molecule has 0 aliphatic rings. The second-order valence-corrected chi connectivity index (χ2v) is 8.36. The van der Waals surface area contributed by atoms with E-state index in [1.54, 1.807) is 18.2 Å². The molecule has 0 bridgehead atoms. The Kier molecular flexibility index (Phi) is 6.79. The van der Waals surface area contributed by atoms with E-state index in [0.717, 1.165) is 0 Å². The predicted octanol–water partition coefficient (Wildman–Crippen LogP) is 3.02. The van der Waals surface area contributed by atoms with Crippen molar-refractivity contribution in [1.29, 1.82) is 0 Å². The first-order valence-electron chi connectivity index (χ1n) is 5.28. The van der Waals surface area contributed by atoms with Gasteiger partial charge in [-0.2, -0.15) is 13.3 Å². The van der Waals surface area contributed by atoms with Crippen LogP contribution in [0.4, 0.5) is 0 Å². The Hall–Kier alpha value is -0.110. The molecule has 0 saturated carbocycles. The van der Waals surface area contributed by atoms with Crippen LogP contribution in [0, 0.1) is 0 Å². The molecule has 1 rings (SSSR count). The molecule has 1 atom stereocenters. The van der Waals surface area contributed by atoms with Crippen LogP contribution in [0.15, 0.2) is 28.0 Å². The topological polar surface area (TPSA) is 80.7 Å². The monoisotopic (exact) mass is 341 g/mol. The van der Waals surface area contributed by atoms with Gasteiger partial charge in [-0.1, -0.05) is 40.6 Å². The van der Waals surface area contributed by atoms with E-state index in [9.17, 15) is 13.0 Å². The highest BCUT2D eigenvalue weighted by Gasteiger charge is 2.27. The Balaban J connectivity index is 3.25. The first kappa shape index (κ1) is 16.9. The van der Waals surface area contributed by atoms with Crippen molar-refractivity contribution < 1.29 is 22.1 Å². The Morgan fingerprint density at radius 3 is 2.63 bits per heavy atom. The molecule has 19 heavy (non-hydrogen) atoms. The van der Waals surface area contributed by atoms with Gasteiger partial charge in [0, 0.05) is 4.90 Å². The quantitative estimate of drug-likeness (QED) is 0.464. The normalized spacial score (nSPS) is 12.5. The molecule has 0 saturated heterocycles. The van der Waals surface area contributed by atoms with E-state index in [4.69, 9.17) is 4.89 Å². The lowest BCUT2D eigenvalue weighted by molar-refractivity contribution is 0.354. The summed E-state index contributed by atoms with van der Waals surface area (Å²) in [5, 5.41) is 0. The summed E-state index contributed by atoms with van der Waals surface area (Å²) < 4.78 is 39.5. The van der Waals surface area contributed by atoms with Crippen molar-refractivity contribution in [3.05, 3.63) is 23.8 Å². The molecule has 0 spiro atoms. The third kappa shape index (κ3) is 4.73. The average molecular weight is 341 g/mol. The van der Waals surface area contributed by atoms with Crippen molar-refractivity contribution in [2.45, 2.75) is 23.1 Å². The van der Waals surface area contributed by atoms with Crippen molar-refractivity contribution in [3.63, 3.8) is 0 Å². The minimum atomic E-state index is -4.03. The van der Waals surface area contributed by atoms with Crippen LogP contribution in [-0.4, -0.2) is 25.9 Å². The highest BCUT2D eigenvalue weighted by molar-refractivity contribution is 8.76. The zero-order chi connectivity index (χ0) is 14.5. The van der Waals surface area contributed by atoms with E-state index in [1.807, 2.05) is 13.2 Å². The van der Waals surface area contributed by atoms with E-state index >= 15 is 0 Å². The zero-order valence-electron chi connectivity index (χ0n) is 10.4. The molecule has 5 nitrogen and oxygen atoms in total. The predicted molar refractivity (Wildman–Crippen MR) is 78.2 cm³/mol. The molecular formula is C10H14O5PS3+. The van der Waals surface area contributed by atoms with Crippen molar-refractivity contribution >= 4 is 39.7 Å². The molecule has 1 aromatic carbocycles. The summed E-state index contributed by atoms with van der Waals surface area (Å²) in [6, 6.07) is 5.18. The van der Waals surface area contributed by atoms with Gasteiger partial charge in [0.05, 0.1) is 0 Å². The molecule has 9 heteroatoms. The van der Waals surface area contributed by atoms with Gasteiger partial charge in [0.2, 0.25) is 0 Å². The van der Waals surface area contributed by atoms with Crippen molar-refractivity contribution in [1.82, 2.24) is 0 Å². The third-order valence-electron chi connectivity index (χ3n) is 2.18. The second-order valence-electron chi connectivity index (χ2n) is 3.40. The Morgan fingerprint density at radius 1 is 1.42 bits per heavy atom. The molecule has 0 fully saturated rings. The lowest BCUT2D eigenvalue weighted by Crippen LogP contribution is -2.10. The van der Waals surface area contributed by atoms with Crippen LogP contribution in [0.2, 0.25) is 0 Å². The smallest absolute Gasteiger partial charge is 0.213 e. The Labute approximate surface area is 121 Å². The molecule has 1 aromatic rings. The lowest BCUT2D eigenvalue weighted by Gasteiger charge is -2.11. The molecule has 0 aliphatic heterocycles. The number of rotatable bonds is 7. The number of hydrogen-bond acceptors (Lipinski definition) is 6. The zero-order valence-corrected chi connectivity index (χ0v) is 13.7. The van der Waals surface area contributed by atoms with Gasteiger partial charge in [-0.25, -0.2) is 4.18 Å². The first-order chi connectivity index (χ1) is 8.92. The van der Waals surface area contributed by atoms with Gasteiger partial charge in [-0.05, 0) is 28.9 Å². The van der Waals surface area contributed by atoms with E-state index in [1.165, 1.54) is 21.6 Å². The number of hydrogen-bond donors (Lipinski definition) is 1. The minimum Gasteiger partial charge on any atom is -0.213 e. The fourth-order valence-electron chi connectivity index (χ4n) is 1.45. The van der Waals surface area contributed by atoms with Gasteiger partial charge in [0.25, 0.3) is 6.35 Å². The largest absolute Gasteiger partial charge is 0.535 e. The summed E-state index contributed by atoms with van der Waals surface area (Å²) >= 11 is 0. The average Bonchev–Trinajstić information content (AvgIpc) is 2.36. The van der Waals surface area contributed by atoms with Crippen LogP contribution in [0.25, 0.3) is 0 Å². The van der Waals surface area contributed by atoms with Gasteiger partial charge in [0.15, 0.2) is 0 Å². The SMILES string of the molecule is CCc1cccc(SSC)c1S(=O)(=O)OC[P+](=O)O. The van der Waals surface area contributed by atoms with Crippen LogP contribution in [0.5, 0.6) is 0 Å². The summed E-state index contributed by atoms with van der Waals surface area (Å²) in [6.45, 7) is 1.84. The highest BCUT2D eigenvalue weighted by Crippen LogP contribution is 2.37. The van der Waals surface area contributed by atoms with Crippen molar-refractivity contribution in [2.24, 2.45) is 0 Å².